The molecule has 4 aromatic rings. The van der Waals surface area contributed by atoms with E-state index in [1.165, 1.54) is 34.9 Å². The zero-order valence-corrected chi connectivity index (χ0v) is 26.6. The summed E-state index contributed by atoms with van der Waals surface area (Å²) >= 11 is 17.1. The Hall–Kier alpha value is -3.10. The molecule has 0 radical (unpaired) electrons. The van der Waals surface area contributed by atoms with Crippen molar-refractivity contribution in [2.45, 2.75) is 28.9 Å². The van der Waals surface area contributed by atoms with Crippen molar-refractivity contribution >= 4 is 91.3 Å². The molecule has 3 heterocycles. The van der Waals surface area contributed by atoms with Crippen molar-refractivity contribution < 1.29 is 27.6 Å². The number of benzene rings is 3. The van der Waals surface area contributed by atoms with Crippen LogP contribution in [-0.4, -0.2) is 27.5 Å². The molecule has 44 heavy (non-hydrogen) atoms. The number of nitrogens with one attached hydrogen (secondary N) is 1. The predicted molar refractivity (Wildman–Crippen MR) is 167 cm³/mol. The smallest absolute Gasteiger partial charge is 0.324 e. The SMILES string of the molecule is O=C(Cn1c2c(sc1=O)[C@@H](c1ccc(Br)cc1)[C@@H]1C(=O)N(c3ccccc3C(F)(F)F)C(=O)[C@@H]1S2)Nc1ccc(Cl)c(Cl)c1. The van der Waals surface area contributed by atoms with E-state index >= 15 is 0 Å². The van der Waals surface area contributed by atoms with Crippen LogP contribution in [-0.2, 0) is 27.1 Å². The number of amides is 3. The molecule has 0 unspecified atom stereocenters. The van der Waals surface area contributed by atoms with Gasteiger partial charge in [0.15, 0.2) is 0 Å². The normalized spacial score (nSPS) is 19.6. The monoisotopic (exact) mass is 741 g/mol. The molecule has 0 bridgehead atoms. The van der Waals surface area contributed by atoms with Crippen LogP contribution in [0.1, 0.15) is 21.9 Å². The van der Waals surface area contributed by atoms with Crippen LogP contribution in [0.15, 0.2) is 81.0 Å². The average Bonchev–Trinajstić information content (AvgIpc) is 3.41. The van der Waals surface area contributed by atoms with E-state index in [1.54, 1.807) is 24.3 Å². The van der Waals surface area contributed by atoms with Crippen LogP contribution in [0, 0.1) is 5.92 Å². The van der Waals surface area contributed by atoms with E-state index in [1.807, 2.05) is 0 Å². The highest BCUT2D eigenvalue weighted by Gasteiger charge is 2.57. The number of carbonyl (C=O) groups is 3. The minimum atomic E-state index is -4.82. The first kappa shape index (κ1) is 30.9. The summed E-state index contributed by atoms with van der Waals surface area (Å²) in [5.74, 6) is -4.13. The number of thiazole rings is 1. The first-order valence-electron chi connectivity index (χ1n) is 12.8. The summed E-state index contributed by atoms with van der Waals surface area (Å²) < 4.78 is 43.8. The molecule has 6 rings (SSSR count). The number of alkyl halides is 3. The topological polar surface area (TPSA) is 88.5 Å². The molecule has 2 aliphatic heterocycles. The first-order valence-corrected chi connectivity index (χ1v) is 16.0. The van der Waals surface area contributed by atoms with Crippen LogP contribution in [0.4, 0.5) is 24.5 Å². The minimum absolute atomic E-state index is 0.217. The van der Waals surface area contributed by atoms with Gasteiger partial charge >= 0.3 is 11.0 Å². The van der Waals surface area contributed by atoms with Gasteiger partial charge in [0.05, 0.1) is 32.2 Å². The molecule has 0 aliphatic carbocycles. The lowest BCUT2D eigenvalue weighted by atomic mass is 9.83. The van der Waals surface area contributed by atoms with Gasteiger partial charge in [-0.1, -0.05) is 86.5 Å². The summed E-state index contributed by atoms with van der Waals surface area (Å²) in [5, 5.41) is 2.31. The molecule has 0 saturated carbocycles. The van der Waals surface area contributed by atoms with Gasteiger partial charge in [0.2, 0.25) is 17.7 Å². The Labute approximate surface area is 274 Å². The van der Waals surface area contributed by atoms with E-state index in [9.17, 15) is 32.3 Å². The number of carbonyl (C=O) groups excluding carboxylic acids is 3. The summed E-state index contributed by atoms with van der Waals surface area (Å²) in [6.07, 6.45) is -4.82. The molecule has 3 aromatic carbocycles. The quantitative estimate of drug-likeness (QED) is 0.215. The van der Waals surface area contributed by atoms with Crippen molar-refractivity contribution in [3.63, 3.8) is 0 Å². The molecular weight excluding hydrogens is 726 g/mol. The van der Waals surface area contributed by atoms with Crippen LogP contribution in [0.25, 0.3) is 0 Å². The van der Waals surface area contributed by atoms with Gasteiger partial charge in [0.1, 0.15) is 11.8 Å². The Morgan fingerprint density at radius 1 is 0.955 bits per heavy atom. The lowest BCUT2D eigenvalue weighted by molar-refractivity contribution is -0.137. The Morgan fingerprint density at radius 3 is 2.34 bits per heavy atom. The first-order chi connectivity index (χ1) is 20.8. The molecular formula is C29H17BrCl2F3N3O4S2. The van der Waals surface area contributed by atoms with E-state index in [0.29, 0.717) is 31.1 Å². The predicted octanol–water partition coefficient (Wildman–Crippen LogP) is 7.43. The second kappa shape index (κ2) is 11.7. The van der Waals surface area contributed by atoms with Crippen molar-refractivity contribution in [2.75, 3.05) is 10.2 Å². The highest BCUT2D eigenvalue weighted by molar-refractivity contribution is 9.10. The number of rotatable bonds is 5. The Morgan fingerprint density at radius 2 is 1.66 bits per heavy atom. The molecule has 15 heteroatoms. The second-order valence-electron chi connectivity index (χ2n) is 9.92. The van der Waals surface area contributed by atoms with Crippen molar-refractivity contribution in [1.82, 2.24) is 4.57 Å². The fourth-order valence-electron chi connectivity index (χ4n) is 5.35. The van der Waals surface area contributed by atoms with E-state index in [4.69, 9.17) is 23.2 Å². The van der Waals surface area contributed by atoms with Crippen molar-refractivity contribution in [1.29, 1.82) is 0 Å². The van der Waals surface area contributed by atoms with Gasteiger partial charge in [-0.3, -0.25) is 23.7 Å². The van der Waals surface area contributed by atoms with E-state index < -0.39 is 63.7 Å². The number of halogens is 6. The van der Waals surface area contributed by atoms with Gasteiger partial charge in [-0.25, -0.2) is 4.90 Å². The maximum Gasteiger partial charge on any atom is 0.418 e. The Balaban J connectivity index is 1.42. The minimum Gasteiger partial charge on any atom is -0.324 e. The van der Waals surface area contributed by atoms with Gasteiger partial charge in [0.25, 0.3) is 0 Å². The molecule has 1 N–H and O–H groups in total. The van der Waals surface area contributed by atoms with Crippen LogP contribution >= 0.6 is 62.2 Å². The summed E-state index contributed by atoms with van der Waals surface area (Å²) in [5.41, 5.74) is -0.736. The van der Waals surface area contributed by atoms with Crippen molar-refractivity contribution in [3.8, 4) is 0 Å². The third-order valence-electron chi connectivity index (χ3n) is 7.23. The maximum absolute atomic E-state index is 14.0. The Bertz CT molecular complexity index is 1900. The molecule has 7 nitrogen and oxygen atoms in total. The molecule has 1 fully saturated rings. The molecule has 226 valence electrons. The number of hydrogen-bond acceptors (Lipinski definition) is 6. The summed E-state index contributed by atoms with van der Waals surface area (Å²) in [4.78, 5) is 54.7. The number of hydrogen-bond donors (Lipinski definition) is 1. The lowest BCUT2D eigenvalue weighted by Gasteiger charge is -2.30. The van der Waals surface area contributed by atoms with E-state index in [-0.39, 0.29) is 5.02 Å². The molecule has 3 atom stereocenters. The molecule has 1 saturated heterocycles. The summed E-state index contributed by atoms with van der Waals surface area (Å²) in [6.45, 7) is -0.425. The number of thioether (sulfide) groups is 1. The molecule has 1 aromatic heterocycles. The number of fused-ring (bicyclic) bond motifs is 2. The third kappa shape index (κ3) is 5.49. The third-order valence-corrected chi connectivity index (χ3v) is 11.1. The largest absolute Gasteiger partial charge is 0.418 e. The van der Waals surface area contributed by atoms with Gasteiger partial charge in [-0.2, -0.15) is 13.2 Å². The number of nitrogens with zero attached hydrogens (tertiary/aromatic N) is 2. The van der Waals surface area contributed by atoms with Crippen LogP contribution in [0.3, 0.4) is 0 Å². The second-order valence-corrected chi connectivity index (χ2v) is 13.8. The fraction of sp³-hybridized carbons (Fsp3) is 0.172. The van der Waals surface area contributed by atoms with Crippen LogP contribution in [0.5, 0.6) is 0 Å². The molecule has 0 spiro atoms. The fourth-order valence-corrected chi connectivity index (χ4v) is 8.68. The highest BCUT2D eigenvalue weighted by Crippen LogP contribution is 2.54. The maximum atomic E-state index is 14.0. The van der Waals surface area contributed by atoms with Crippen molar-refractivity contribution in [3.05, 3.63) is 107 Å². The van der Waals surface area contributed by atoms with Crippen molar-refractivity contribution in [2.24, 2.45) is 5.92 Å². The number of para-hydroxylation sites is 1. The Kier molecular flexibility index (Phi) is 8.20. The number of aromatic nitrogens is 1. The lowest BCUT2D eigenvalue weighted by Crippen LogP contribution is -2.33. The van der Waals surface area contributed by atoms with Crippen LogP contribution in [0.2, 0.25) is 10.0 Å². The van der Waals surface area contributed by atoms with Gasteiger partial charge in [0, 0.05) is 21.0 Å². The average molecular weight is 743 g/mol. The standard InChI is InChI=1S/C29H17BrCl2F3N3O4S2/c30-14-7-5-13(6-8-14)21-22-23(26(41)38(25(22)40)19-4-2-1-3-16(19)29(33,34)35)43-27-24(21)44-28(42)37(27)12-20(39)36-15-9-10-17(31)18(32)11-15/h1-11,21-23H,12H2,(H,36,39)/t21-,22-,23+/m0/s1. The van der Waals surface area contributed by atoms with Gasteiger partial charge in [-0.05, 0) is 48.0 Å². The summed E-state index contributed by atoms with van der Waals surface area (Å²) in [6, 6.07) is 15.8. The van der Waals surface area contributed by atoms with Crippen LogP contribution < -0.4 is 15.1 Å². The highest BCUT2D eigenvalue weighted by atomic mass is 79.9. The zero-order chi connectivity index (χ0) is 31.5. The molecule has 2 aliphatic rings. The van der Waals surface area contributed by atoms with E-state index in [0.717, 1.165) is 39.7 Å². The summed E-state index contributed by atoms with van der Waals surface area (Å²) in [7, 11) is 0. The van der Waals surface area contributed by atoms with Gasteiger partial charge < -0.3 is 5.32 Å². The van der Waals surface area contributed by atoms with Gasteiger partial charge in [-0.15, -0.1) is 0 Å². The zero-order valence-electron chi connectivity index (χ0n) is 21.9. The number of anilines is 2. The molecule has 3 amide bonds. The number of imide groups is 1. The van der Waals surface area contributed by atoms with E-state index in [2.05, 4.69) is 21.2 Å².